The zero-order valence-electron chi connectivity index (χ0n) is 3.74. The second-order valence-corrected chi connectivity index (χ2v) is 3.58. The monoisotopic (exact) mass is 180 g/mol. The maximum absolute atomic E-state index is 11.4. The van der Waals surface area contributed by atoms with Gasteiger partial charge in [0.25, 0.3) is 0 Å². The quantitative estimate of drug-likeness (QED) is 0.610. The van der Waals surface area contributed by atoms with Gasteiger partial charge in [-0.1, -0.05) is 34.8 Å². The molecular formula is C3H4Cl3FO. The summed E-state index contributed by atoms with van der Waals surface area (Å²) >= 11 is 15.1. The normalized spacial score (nSPS) is 16.1. The van der Waals surface area contributed by atoms with E-state index in [2.05, 4.69) is 0 Å². The molecule has 0 aliphatic carbocycles. The molecule has 0 spiro atoms. The molecule has 1 nitrogen and oxygen atoms in total. The first kappa shape index (κ1) is 8.76. The number of alkyl halides is 4. The Morgan fingerprint density at radius 2 is 1.88 bits per heavy atom. The summed E-state index contributed by atoms with van der Waals surface area (Å²) in [5, 5.41) is 8.42. The Hall–Kier alpha value is 0.760. The van der Waals surface area contributed by atoms with Crippen LogP contribution in [0.2, 0.25) is 0 Å². The molecule has 1 unspecified atom stereocenters. The Morgan fingerprint density at radius 3 is 1.88 bits per heavy atom. The maximum atomic E-state index is 11.4. The van der Waals surface area contributed by atoms with Crippen molar-refractivity contribution in [2.24, 2.45) is 0 Å². The van der Waals surface area contributed by atoms with Crippen LogP contribution in [-0.2, 0) is 0 Å². The first-order valence-electron chi connectivity index (χ1n) is 1.79. The van der Waals surface area contributed by atoms with Gasteiger partial charge >= 0.3 is 0 Å². The van der Waals surface area contributed by atoms with E-state index in [0.717, 1.165) is 0 Å². The van der Waals surface area contributed by atoms with Crippen LogP contribution >= 0.6 is 34.8 Å². The van der Waals surface area contributed by atoms with Gasteiger partial charge < -0.3 is 5.11 Å². The molecule has 0 radical (unpaired) electrons. The molecule has 0 aromatic carbocycles. The van der Waals surface area contributed by atoms with Crippen molar-refractivity contribution in [3.8, 4) is 0 Å². The fourth-order valence-corrected chi connectivity index (χ4v) is 0.262. The van der Waals surface area contributed by atoms with Crippen molar-refractivity contribution in [3.05, 3.63) is 0 Å². The highest BCUT2D eigenvalue weighted by molar-refractivity contribution is 6.68. The third-order valence-electron chi connectivity index (χ3n) is 0.524. The van der Waals surface area contributed by atoms with Gasteiger partial charge in [0.1, 0.15) is 12.8 Å². The van der Waals surface area contributed by atoms with E-state index >= 15 is 0 Å². The molecule has 0 saturated carbocycles. The highest BCUT2D eigenvalue weighted by Gasteiger charge is 2.30. The van der Waals surface area contributed by atoms with Crippen LogP contribution < -0.4 is 0 Å². The van der Waals surface area contributed by atoms with Crippen molar-refractivity contribution in [2.45, 2.75) is 9.90 Å². The van der Waals surface area contributed by atoms with Crippen molar-refractivity contribution in [1.82, 2.24) is 0 Å². The van der Waals surface area contributed by atoms with E-state index in [9.17, 15) is 4.39 Å². The van der Waals surface area contributed by atoms with Gasteiger partial charge in [-0.05, 0) is 0 Å². The summed E-state index contributed by atoms with van der Waals surface area (Å²) in [6.07, 6.45) is -1.52. The molecule has 1 N–H and O–H groups in total. The third-order valence-corrected chi connectivity index (χ3v) is 1.28. The van der Waals surface area contributed by atoms with Gasteiger partial charge in [0.15, 0.2) is 0 Å². The topological polar surface area (TPSA) is 20.2 Å². The molecule has 8 heavy (non-hydrogen) atoms. The van der Waals surface area contributed by atoms with Gasteiger partial charge in [-0.25, -0.2) is 4.39 Å². The Morgan fingerprint density at radius 1 is 1.50 bits per heavy atom. The highest BCUT2D eigenvalue weighted by atomic mass is 35.6. The molecule has 0 heterocycles. The zero-order chi connectivity index (χ0) is 6.78. The van der Waals surface area contributed by atoms with E-state index in [4.69, 9.17) is 39.9 Å². The average molecular weight is 181 g/mol. The van der Waals surface area contributed by atoms with Crippen LogP contribution in [0, 0.1) is 0 Å². The number of rotatable bonds is 1. The first-order chi connectivity index (χ1) is 3.48. The summed E-state index contributed by atoms with van der Waals surface area (Å²) in [6.45, 7) is -1.05. The van der Waals surface area contributed by atoms with Crippen molar-refractivity contribution in [3.63, 3.8) is 0 Å². The number of halogens is 4. The molecular weight excluding hydrogens is 177 g/mol. The van der Waals surface area contributed by atoms with Crippen LogP contribution in [-0.4, -0.2) is 21.7 Å². The van der Waals surface area contributed by atoms with Gasteiger partial charge in [-0.3, -0.25) is 0 Å². The lowest BCUT2D eigenvalue weighted by molar-refractivity contribution is 0.143. The minimum Gasteiger partial charge on any atom is -0.386 e. The van der Waals surface area contributed by atoms with Crippen LogP contribution in [0.4, 0.5) is 4.39 Å². The highest BCUT2D eigenvalue weighted by Crippen LogP contribution is 2.30. The summed E-state index contributed by atoms with van der Waals surface area (Å²) in [5.41, 5.74) is 0. The van der Waals surface area contributed by atoms with E-state index in [1.54, 1.807) is 0 Å². The minimum atomic E-state index is -1.89. The SMILES string of the molecule is OC(CF)C(Cl)(Cl)Cl. The first-order valence-corrected chi connectivity index (χ1v) is 2.92. The Balaban J connectivity index is 3.62. The zero-order valence-corrected chi connectivity index (χ0v) is 6.01. The largest absolute Gasteiger partial charge is 0.386 e. The molecule has 0 aromatic rings. The molecule has 1 atom stereocenters. The number of hydrogen-bond acceptors (Lipinski definition) is 1. The summed E-state index contributed by atoms with van der Waals surface area (Å²) in [6, 6.07) is 0. The third kappa shape index (κ3) is 2.92. The molecule has 0 fully saturated rings. The van der Waals surface area contributed by atoms with Crippen molar-refractivity contribution in [1.29, 1.82) is 0 Å². The van der Waals surface area contributed by atoms with Gasteiger partial charge in [0.05, 0.1) is 0 Å². The standard InChI is InChI=1S/C3H4Cl3FO/c4-3(5,6)2(8)1-7/h2,8H,1H2. The molecule has 5 heteroatoms. The van der Waals surface area contributed by atoms with Crippen LogP contribution in [0.25, 0.3) is 0 Å². The summed E-state index contributed by atoms with van der Waals surface area (Å²) in [5.74, 6) is 0. The number of aliphatic hydroxyl groups is 1. The summed E-state index contributed by atoms with van der Waals surface area (Å²) in [4.78, 5) is 0. The predicted molar refractivity (Wildman–Crippen MR) is 32.3 cm³/mol. The van der Waals surface area contributed by atoms with Crippen LogP contribution in [0.1, 0.15) is 0 Å². The van der Waals surface area contributed by atoms with Gasteiger partial charge in [0, 0.05) is 0 Å². The van der Waals surface area contributed by atoms with E-state index in [-0.39, 0.29) is 0 Å². The fraction of sp³-hybridized carbons (Fsp3) is 1.00. The number of aliphatic hydroxyl groups excluding tert-OH is 1. The lowest BCUT2D eigenvalue weighted by Gasteiger charge is -2.14. The van der Waals surface area contributed by atoms with Crippen LogP contribution in [0.15, 0.2) is 0 Å². The molecule has 0 aliphatic rings. The summed E-state index contributed by atoms with van der Waals surface area (Å²) < 4.78 is 9.49. The minimum absolute atomic E-state index is 1.05. The van der Waals surface area contributed by atoms with Gasteiger partial charge in [-0.2, -0.15) is 0 Å². The molecule has 0 amide bonds. The smallest absolute Gasteiger partial charge is 0.218 e. The second-order valence-electron chi connectivity index (χ2n) is 1.21. The van der Waals surface area contributed by atoms with Crippen molar-refractivity contribution in [2.75, 3.05) is 6.67 Å². The maximum Gasteiger partial charge on any atom is 0.218 e. The molecule has 50 valence electrons. The van der Waals surface area contributed by atoms with E-state index in [1.165, 1.54) is 0 Å². The molecule has 0 saturated heterocycles. The van der Waals surface area contributed by atoms with Gasteiger partial charge in [0.2, 0.25) is 3.79 Å². The van der Waals surface area contributed by atoms with E-state index in [1.807, 2.05) is 0 Å². The lowest BCUT2D eigenvalue weighted by atomic mass is 10.4. The second kappa shape index (κ2) is 3.06. The van der Waals surface area contributed by atoms with Crippen LogP contribution in [0.5, 0.6) is 0 Å². The molecule has 0 aromatic heterocycles. The predicted octanol–water partition coefficient (Wildman–Crippen LogP) is 1.69. The molecule has 0 bridgehead atoms. The Labute approximate surface area is 61.3 Å². The molecule has 0 aliphatic heterocycles. The fourth-order valence-electron chi connectivity index (χ4n) is 0.0875. The van der Waals surface area contributed by atoms with Gasteiger partial charge in [-0.15, -0.1) is 0 Å². The van der Waals surface area contributed by atoms with Crippen LogP contribution in [0.3, 0.4) is 0 Å². The molecule has 0 rings (SSSR count). The van der Waals surface area contributed by atoms with E-state index in [0.29, 0.717) is 0 Å². The Bertz CT molecular complexity index is 71.4. The summed E-state index contributed by atoms with van der Waals surface area (Å²) in [7, 11) is 0. The van der Waals surface area contributed by atoms with Crippen molar-refractivity contribution < 1.29 is 9.50 Å². The van der Waals surface area contributed by atoms with E-state index < -0.39 is 16.6 Å². The Kier molecular flexibility index (Phi) is 3.35. The van der Waals surface area contributed by atoms with Crippen molar-refractivity contribution >= 4 is 34.8 Å². The number of hydrogen-bond donors (Lipinski definition) is 1. The average Bonchev–Trinajstić information content (AvgIpc) is 1.62. The lowest BCUT2D eigenvalue weighted by Crippen LogP contribution is -2.26.